The van der Waals surface area contributed by atoms with Gasteiger partial charge in [-0.2, -0.15) is 13.2 Å². The molecule has 2 aromatic rings. The van der Waals surface area contributed by atoms with Crippen LogP contribution in [0.15, 0.2) is 36.4 Å². The average Bonchev–Trinajstić information content (AvgIpc) is 2.59. The van der Waals surface area contributed by atoms with Crippen molar-refractivity contribution < 1.29 is 32.5 Å². The molecule has 0 aromatic heterocycles. The smallest absolute Gasteiger partial charge is 0.416 e. The molecule has 0 amide bonds. The highest BCUT2D eigenvalue weighted by Gasteiger charge is 2.31. The molecule has 0 saturated heterocycles. The number of carbonyl (C=O) groups is 1. The van der Waals surface area contributed by atoms with Crippen molar-refractivity contribution in [3.63, 3.8) is 0 Å². The summed E-state index contributed by atoms with van der Waals surface area (Å²) in [7, 11) is 1.27. The van der Waals surface area contributed by atoms with Crippen molar-refractivity contribution in [2.24, 2.45) is 0 Å². The molecule has 0 spiro atoms. The van der Waals surface area contributed by atoms with E-state index in [1.807, 2.05) is 6.92 Å². The average molecular weight is 368 g/mol. The minimum absolute atomic E-state index is 0.0205. The van der Waals surface area contributed by atoms with Crippen molar-refractivity contribution >= 4 is 5.97 Å². The first-order valence-corrected chi connectivity index (χ1v) is 8.01. The number of aryl methyl sites for hydroxylation is 2. The lowest BCUT2D eigenvalue weighted by molar-refractivity contribution is -0.138. The maximum Gasteiger partial charge on any atom is 0.416 e. The number of alkyl halides is 3. The zero-order valence-corrected chi connectivity index (χ0v) is 14.4. The Labute approximate surface area is 149 Å². The van der Waals surface area contributed by atoms with E-state index in [4.69, 9.17) is 14.6 Å². The van der Waals surface area contributed by atoms with Gasteiger partial charge in [-0.25, -0.2) is 0 Å². The molecular formula is C19H19F3O4. The summed E-state index contributed by atoms with van der Waals surface area (Å²) in [6, 6.07) is 8.22. The normalized spacial score (nSPS) is 11.3. The standard InChI is InChI=1S/C19H19F3O4/c1-3-12-10-15(7-4-13(12)5-9-18(23)24)26-16-8-6-14(19(20,21)22)11-17(16)25-2/h4,6-8,10-11H,3,5,9H2,1-2H3,(H,23,24). The van der Waals surface area contributed by atoms with E-state index in [9.17, 15) is 18.0 Å². The summed E-state index contributed by atoms with van der Waals surface area (Å²) in [6.07, 6.45) is -3.36. The van der Waals surface area contributed by atoms with Crippen LogP contribution in [-0.2, 0) is 23.8 Å². The van der Waals surface area contributed by atoms with Crippen LogP contribution in [0.3, 0.4) is 0 Å². The topological polar surface area (TPSA) is 55.8 Å². The Morgan fingerprint density at radius 1 is 1.08 bits per heavy atom. The lowest BCUT2D eigenvalue weighted by Crippen LogP contribution is -2.05. The largest absolute Gasteiger partial charge is 0.493 e. The lowest BCUT2D eigenvalue weighted by Gasteiger charge is -2.15. The molecule has 0 aliphatic rings. The van der Waals surface area contributed by atoms with Crippen LogP contribution in [-0.4, -0.2) is 18.2 Å². The third-order valence-corrected chi connectivity index (χ3v) is 3.89. The second kappa shape index (κ2) is 8.12. The van der Waals surface area contributed by atoms with Crippen LogP contribution < -0.4 is 9.47 Å². The molecule has 0 aliphatic carbocycles. The van der Waals surface area contributed by atoms with Gasteiger partial charge >= 0.3 is 12.1 Å². The van der Waals surface area contributed by atoms with Crippen LogP contribution in [0.4, 0.5) is 13.2 Å². The number of rotatable bonds is 7. The van der Waals surface area contributed by atoms with Gasteiger partial charge in [0, 0.05) is 6.42 Å². The van der Waals surface area contributed by atoms with Crippen molar-refractivity contribution in [3.05, 3.63) is 53.1 Å². The number of benzene rings is 2. The van der Waals surface area contributed by atoms with Crippen molar-refractivity contribution in [3.8, 4) is 17.2 Å². The number of ether oxygens (including phenoxy) is 2. The van der Waals surface area contributed by atoms with Gasteiger partial charge in [0.25, 0.3) is 0 Å². The Morgan fingerprint density at radius 3 is 2.38 bits per heavy atom. The van der Waals surface area contributed by atoms with E-state index in [1.165, 1.54) is 13.2 Å². The van der Waals surface area contributed by atoms with Crippen LogP contribution in [0.5, 0.6) is 17.2 Å². The van der Waals surface area contributed by atoms with Crippen LogP contribution in [0.25, 0.3) is 0 Å². The summed E-state index contributed by atoms with van der Waals surface area (Å²) in [5.41, 5.74) is 1.01. The summed E-state index contributed by atoms with van der Waals surface area (Å²) in [4.78, 5) is 10.7. The molecule has 0 aliphatic heterocycles. The Hall–Kier alpha value is -2.70. The molecule has 0 saturated carbocycles. The van der Waals surface area contributed by atoms with E-state index in [0.717, 1.165) is 23.3 Å². The van der Waals surface area contributed by atoms with Gasteiger partial charge in [-0.15, -0.1) is 0 Å². The van der Waals surface area contributed by atoms with Crippen molar-refractivity contribution in [2.75, 3.05) is 7.11 Å². The monoisotopic (exact) mass is 368 g/mol. The van der Waals surface area contributed by atoms with Gasteiger partial charge in [-0.1, -0.05) is 13.0 Å². The maximum atomic E-state index is 12.8. The van der Waals surface area contributed by atoms with Crippen LogP contribution in [0.2, 0.25) is 0 Å². The van der Waals surface area contributed by atoms with Gasteiger partial charge in [0.2, 0.25) is 0 Å². The molecule has 0 bridgehead atoms. The number of hydrogen-bond acceptors (Lipinski definition) is 3. The Bertz CT molecular complexity index is 785. The predicted molar refractivity (Wildman–Crippen MR) is 89.8 cm³/mol. The van der Waals surface area contributed by atoms with E-state index in [-0.39, 0.29) is 17.9 Å². The molecule has 0 atom stereocenters. The van der Waals surface area contributed by atoms with E-state index < -0.39 is 17.7 Å². The molecule has 7 heteroatoms. The quantitative estimate of drug-likeness (QED) is 0.740. The zero-order valence-electron chi connectivity index (χ0n) is 14.4. The maximum absolute atomic E-state index is 12.8. The van der Waals surface area contributed by atoms with Gasteiger partial charge in [-0.3, -0.25) is 4.79 Å². The van der Waals surface area contributed by atoms with Gasteiger partial charge in [0.15, 0.2) is 11.5 Å². The number of carboxylic acids is 1. The number of carboxylic acid groups (broad SMARTS) is 1. The van der Waals surface area contributed by atoms with E-state index in [0.29, 0.717) is 18.6 Å². The summed E-state index contributed by atoms with van der Waals surface area (Å²) >= 11 is 0. The first-order valence-electron chi connectivity index (χ1n) is 8.01. The van der Waals surface area contributed by atoms with E-state index in [2.05, 4.69) is 0 Å². The molecule has 26 heavy (non-hydrogen) atoms. The fraction of sp³-hybridized carbons (Fsp3) is 0.316. The lowest BCUT2D eigenvalue weighted by atomic mass is 10.0. The second-order valence-corrected chi connectivity index (χ2v) is 5.64. The minimum atomic E-state index is -4.47. The van der Waals surface area contributed by atoms with Gasteiger partial charge in [0.05, 0.1) is 12.7 Å². The van der Waals surface area contributed by atoms with E-state index >= 15 is 0 Å². The summed E-state index contributed by atoms with van der Waals surface area (Å²) in [6.45, 7) is 1.93. The third kappa shape index (κ3) is 4.91. The highest BCUT2D eigenvalue weighted by molar-refractivity contribution is 5.67. The molecule has 0 heterocycles. The van der Waals surface area contributed by atoms with Crippen molar-refractivity contribution in [1.82, 2.24) is 0 Å². The zero-order chi connectivity index (χ0) is 19.3. The van der Waals surface area contributed by atoms with Crippen LogP contribution in [0.1, 0.15) is 30.0 Å². The van der Waals surface area contributed by atoms with Gasteiger partial charge in [0.1, 0.15) is 5.75 Å². The molecule has 4 nitrogen and oxygen atoms in total. The highest BCUT2D eigenvalue weighted by atomic mass is 19.4. The second-order valence-electron chi connectivity index (χ2n) is 5.64. The Morgan fingerprint density at radius 2 is 1.81 bits per heavy atom. The Kier molecular flexibility index (Phi) is 6.13. The fourth-order valence-corrected chi connectivity index (χ4v) is 2.54. The summed E-state index contributed by atoms with van der Waals surface area (Å²) in [5, 5.41) is 8.81. The molecule has 0 fully saturated rings. The number of halogens is 3. The number of hydrogen-bond donors (Lipinski definition) is 1. The molecule has 0 unspecified atom stereocenters. The molecule has 2 aromatic carbocycles. The number of aliphatic carboxylic acids is 1. The van der Waals surface area contributed by atoms with Gasteiger partial charge in [-0.05, 0) is 54.3 Å². The molecular weight excluding hydrogens is 349 g/mol. The summed E-state index contributed by atoms with van der Waals surface area (Å²) < 4.78 is 49.1. The molecule has 140 valence electrons. The highest BCUT2D eigenvalue weighted by Crippen LogP contribution is 2.38. The molecule has 0 radical (unpaired) electrons. The van der Waals surface area contributed by atoms with Gasteiger partial charge < -0.3 is 14.6 Å². The first-order chi connectivity index (χ1) is 12.2. The van der Waals surface area contributed by atoms with Crippen LogP contribution in [0, 0.1) is 0 Å². The van der Waals surface area contributed by atoms with Crippen molar-refractivity contribution in [2.45, 2.75) is 32.4 Å². The molecule has 2 rings (SSSR count). The molecule has 1 N–H and O–H groups in total. The number of methoxy groups -OCH3 is 1. The fourth-order valence-electron chi connectivity index (χ4n) is 2.54. The third-order valence-electron chi connectivity index (χ3n) is 3.89. The van der Waals surface area contributed by atoms with E-state index in [1.54, 1.807) is 18.2 Å². The predicted octanol–water partition coefficient (Wildman–Crippen LogP) is 5.09. The van der Waals surface area contributed by atoms with Crippen molar-refractivity contribution in [1.29, 1.82) is 0 Å². The first kappa shape index (κ1) is 19.6. The SMILES string of the molecule is CCc1cc(Oc2ccc(C(F)(F)F)cc2OC)ccc1CCC(=O)O. The minimum Gasteiger partial charge on any atom is -0.493 e. The summed E-state index contributed by atoms with van der Waals surface area (Å²) in [5.74, 6) is -0.283. The van der Waals surface area contributed by atoms with Crippen LogP contribution >= 0.6 is 0 Å². The Balaban J connectivity index is 2.26.